The lowest BCUT2D eigenvalue weighted by molar-refractivity contribution is 0.0517. The van der Waals surface area contributed by atoms with Gasteiger partial charge >= 0.3 is 5.97 Å². The van der Waals surface area contributed by atoms with Crippen molar-refractivity contribution in [2.45, 2.75) is 0 Å². The van der Waals surface area contributed by atoms with E-state index in [0.717, 1.165) is 5.56 Å². The molecule has 0 aliphatic rings. The molecule has 0 saturated carbocycles. The Kier molecular flexibility index (Phi) is 5.16. The van der Waals surface area contributed by atoms with Gasteiger partial charge in [-0.3, -0.25) is 4.98 Å². The van der Waals surface area contributed by atoms with Gasteiger partial charge in [0, 0.05) is 11.8 Å². The Hall–Kier alpha value is -3.47. The van der Waals surface area contributed by atoms with Crippen LogP contribution in [0, 0.1) is 0 Å². The first kappa shape index (κ1) is 16.4. The molecule has 0 unspecified atom stereocenters. The number of carbonyl (C=O) groups is 1. The normalized spacial score (nSPS) is 11.0. The molecule has 1 aromatic heterocycles. The molecule has 3 aromatic rings. The second-order valence-corrected chi connectivity index (χ2v) is 5.13. The minimum atomic E-state index is -0.549. The Balaban J connectivity index is 1.87. The highest BCUT2D eigenvalue weighted by molar-refractivity contribution is 6.11. The van der Waals surface area contributed by atoms with Crippen molar-refractivity contribution >= 4 is 11.7 Å². The van der Waals surface area contributed by atoms with Gasteiger partial charge in [-0.25, -0.2) is 4.79 Å². The molecule has 2 aromatic carbocycles. The summed E-state index contributed by atoms with van der Waals surface area (Å²) in [6.07, 6.45) is 1.67. The standard InChI is InChI=1S/C20H16N2O3/c1-24-17-12-10-16(11-13-17)20(23)25-22-19(15-7-3-2-4-8-15)18-9-5-6-14-21-18/h2-14H,1H3. The summed E-state index contributed by atoms with van der Waals surface area (Å²) in [6.45, 7) is 0. The number of benzene rings is 2. The van der Waals surface area contributed by atoms with E-state index >= 15 is 0 Å². The Bertz CT molecular complexity index is 819. The smallest absolute Gasteiger partial charge is 0.365 e. The van der Waals surface area contributed by atoms with E-state index in [1.165, 1.54) is 0 Å². The van der Waals surface area contributed by atoms with Gasteiger partial charge in [0.2, 0.25) is 0 Å². The van der Waals surface area contributed by atoms with Crippen molar-refractivity contribution in [3.63, 3.8) is 0 Å². The van der Waals surface area contributed by atoms with E-state index in [1.54, 1.807) is 37.6 Å². The van der Waals surface area contributed by atoms with Crippen LogP contribution < -0.4 is 4.74 Å². The number of oxime groups is 1. The molecule has 0 aliphatic heterocycles. The van der Waals surface area contributed by atoms with Crippen LogP contribution in [0.1, 0.15) is 21.6 Å². The summed E-state index contributed by atoms with van der Waals surface area (Å²) in [7, 11) is 1.57. The third-order valence-electron chi connectivity index (χ3n) is 3.50. The van der Waals surface area contributed by atoms with Crippen LogP contribution in [0.25, 0.3) is 0 Å². The SMILES string of the molecule is COc1ccc(C(=O)ON=C(c2ccccc2)c2ccccn2)cc1. The Morgan fingerprint density at radius 1 is 0.880 bits per heavy atom. The number of hydrogen-bond donors (Lipinski definition) is 0. The molecule has 5 heteroatoms. The summed E-state index contributed by atoms with van der Waals surface area (Å²) >= 11 is 0. The van der Waals surface area contributed by atoms with E-state index in [-0.39, 0.29) is 0 Å². The monoisotopic (exact) mass is 332 g/mol. The summed E-state index contributed by atoms with van der Waals surface area (Å²) in [6, 6.07) is 21.6. The van der Waals surface area contributed by atoms with Gasteiger partial charge < -0.3 is 9.57 Å². The maximum Gasteiger partial charge on any atom is 0.365 e. The van der Waals surface area contributed by atoms with Crippen molar-refractivity contribution in [3.05, 3.63) is 95.8 Å². The van der Waals surface area contributed by atoms with Crippen LogP contribution in [0.2, 0.25) is 0 Å². The van der Waals surface area contributed by atoms with Crippen molar-refractivity contribution in [3.8, 4) is 5.75 Å². The highest BCUT2D eigenvalue weighted by Crippen LogP contribution is 2.13. The van der Waals surface area contributed by atoms with Gasteiger partial charge in [0.15, 0.2) is 0 Å². The van der Waals surface area contributed by atoms with Crippen LogP contribution in [-0.2, 0) is 4.84 Å². The van der Waals surface area contributed by atoms with Crippen molar-refractivity contribution in [2.75, 3.05) is 7.11 Å². The number of nitrogens with zero attached hydrogens (tertiary/aromatic N) is 2. The van der Waals surface area contributed by atoms with Crippen LogP contribution in [0.15, 0.2) is 84.1 Å². The molecule has 1 heterocycles. The molecule has 0 amide bonds. The number of hydrogen-bond acceptors (Lipinski definition) is 5. The number of ether oxygens (including phenoxy) is 1. The zero-order chi connectivity index (χ0) is 17.5. The molecule has 3 rings (SSSR count). The Morgan fingerprint density at radius 3 is 2.24 bits per heavy atom. The zero-order valence-corrected chi connectivity index (χ0v) is 13.6. The van der Waals surface area contributed by atoms with E-state index in [0.29, 0.717) is 22.7 Å². The van der Waals surface area contributed by atoms with E-state index in [9.17, 15) is 4.79 Å². The number of carbonyl (C=O) groups excluding carboxylic acids is 1. The van der Waals surface area contributed by atoms with Crippen LogP contribution >= 0.6 is 0 Å². The minimum absolute atomic E-state index is 0.387. The second-order valence-electron chi connectivity index (χ2n) is 5.13. The molecule has 0 atom stereocenters. The van der Waals surface area contributed by atoms with Crippen LogP contribution in [0.5, 0.6) is 5.75 Å². The molecule has 0 fully saturated rings. The maximum atomic E-state index is 12.2. The summed E-state index contributed by atoms with van der Waals surface area (Å²) in [5.74, 6) is 0.116. The van der Waals surface area contributed by atoms with Crippen molar-refractivity contribution in [1.82, 2.24) is 4.98 Å². The quantitative estimate of drug-likeness (QED) is 0.406. The van der Waals surface area contributed by atoms with E-state index < -0.39 is 5.97 Å². The number of aromatic nitrogens is 1. The van der Waals surface area contributed by atoms with Crippen molar-refractivity contribution in [1.29, 1.82) is 0 Å². The molecule has 0 bridgehead atoms. The second kappa shape index (κ2) is 7.88. The molecule has 25 heavy (non-hydrogen) atoms. The number of pyridine rings is 1. The van der Waals surface area contributed by atoms with Gasteiger partial charge in [0.25, 0.3) is 0 Å². The van der Waals surface area contributed by atoms with Crippen LogP contribution in [-0.4, -0.2) is 23.8 Å². The van der Waals surface area contributed by atoms with Crippen LogP contribution in [0.4, 0.5) is 0 Å². The Morgan fingerprint density at radius 2 is 1.60 bits per heavy atom. The molecule has 124 valence electrons. The molecular weight excluding hydrogens is 316 g/mol. The summed E-state index contributed by atoms with van der Waals surface area (Å²) in [5.41, 5.74) is 2.31. The Labute approximate surface area is 145 Å². The van der Waals surface area contributed by atoms with Gasteiger partial charge in [0.05, 0.1) is 18.4 Å². The highest BCUT2D eigenvalue weighted by Gasteiger charge is 2.12. The first-order chi connectivity index (χ1) is 12.3. The lowest BCUT2D eigenvalue weighted by atomic mass is 10.1. The van der Waals surface area contributed by atoms with E-state index in [2.05, 4.69) is 10.1 Å². The predicted molar refractivity (Wildman–Crippen MR) is 94.7 cm³/mol. The minimum Gasteiger partial charge on any atom is -0.497 e. The van der Waals surface area contributed by atoms with Gasteiger partial charge in [-0.15, -0.1) is 0 Å². The molecule has 0 spiro atoms. The van der Waals surface area contributed by atoms with Gasteiger partial charge in [-0.2, -0.15) is 0 Å². The number of methoxy groups -OCH3 is 1. The van der Waals surface area contributed by atoms with Crippen molar-refractivity contribution in [2.24, 2.45) is 5.16 Å². The van der Waals surface area contributed by atoms with E-state index in [4.69, 9.17) is 9.57 Å². The topological polar surface area (TPSA) is 60.8 Å². The lowest BCUT2D eigenvalue weighted by Crippen LogP contribution is -2.09. The molecule has 5 nitrogen and oxygen atoms in total. The largest absolute Gasteiger partial charge is 0.497 e. The molecule has 0 N–H and O–H groups in total. The fourth-order valence-electron chi connectivity index (χ4n) is 2.21. The average Bonchev–Trinajstić information content (AvgIpc) is 2.70. The van der Waals surface area contributed by atoms with Gasteiger partial charge in [-0.1, -0.05) is 41.6 Å². The summed E-state index contributed by atoms with van der Waals surface area (Å²) in [4.78, 5) is 21.7. The summed E-state index contributed by atoms with van der Waals surface area (Å²) < 4.78 is 5.07. The van der Waals surface area contributed by atoms with Crippen molar-refractivity contribution < 1.29 is 14.4 Å². The predicted octanol–water partition coefficient (Wildman–Crippen LogP) is 3.70. The molecule has 0 saturated heterocycles. The van der Waals surface area contributed by atoms with Gasteiger partial charge in [-0.05, 0) is 36.4 Å². The van der Waals surface area contributed by atoms with E-state index in [1.807, 2.05) is 48.5 Å². The zero-order valence-electron chi connectivity index (χ0n) is 13.6. The fraction of sp³-hybridized carbons (Fsp3) is 0.0500. The molecular formula is C20H16N2O3. The van der Waals surface area contributed by atoms with Crippen LogP contribution in [0.3, 0.4) is 0 Å². The highest BCUT2D eigenvalue weighted by atomic mass is 16.7. The first-order valence-electron chi connectivity index (χ1n) is 7.68. The third kappa shape index (κ3) is 4.09. The fourth-order valence-corrected chi connectivity index (χ4v) is 2.21. The molecule has 0 radical (unpaired) electrons. The number of rotatable bonds is 5. The van der Waals surface area contributed by atoms with Gasteiger partial charge in [0.1, 0.15) is 11.5 Å². The summed E-state index contributed by atoms with van der Waals surface area (Å²) in [5, 5.41) is 4.06. The lowest BCUT2D eigenvalue weighted by Gasteiger charge is -2.06. The average molecular weight is 332 g/mol. The maximum absolute atomic E-state index is 12.2. The molecule has 0 aliphatic carbocycles. The third-order valence-corrected chi connectivity index (χ3v) is 3.50. The first-order valence-corrected chi connectivity index (χ1v) is 7.68.